The first kappa shape index (κ1) is 13.4. The van der Waals surface area contributed by atoms with Gasteiger partial charge in [-0.25, -0.2) is 9.97 Å². The number of carbonyl (C=O) groups is 1. The van der Waals surface area contributed by atoms with Crippen LogP contribution in [0.15, 0.2) is 6.20 Å². The van der Waals surface area contributed by atoms with Crippen molar-refractivity contribution < 1.29 is 9.53 Å². The van der Waals surface area contributed by atoms with Crippen molar-refractivity contribution in [1.29, 1.82) is 0 Å². The zero-order valence-corrected chi connectivity index (χ0v) is 12.6. The van der Waals surface area contributed by atoms with E-state index in [-0.39, 0.29) is 17.9 Å². The summed E-state index contributed by atoms with van der Waals surface area (Å²) in [4.78, 5) is 23.4. The summed E-state index contributed by atoms with van der Waals surface area (Å²) in [5, 5.41) is 8.24. The fourth-order valence-corrected chi connectivity index (χ4v) is 3.16. The Labute approximate surface area is 127 Å². The lowest BCUT2D eigenvalue weighted by Crippen LogP contribution is -2.42. The van der Waals surface area contributed by atoms with Gasteiger partial charge in [-0.05, 0) is 6.92 Å². The highest BCUT2D eigenvalue weighted by Gasteiger charge is 2.34. The van der Waals surface area contributed by atoms with Crippen molar-refractivity contribution in [2.45, 2.75) is 13.0 Å². The third-order valence-corrected chi connectivity index (χ3v) is 4.22. The minimum absolute atomic E-state index is 0.0120. The van der Waals surface area contributed by atoms with Gasteiger partial charge in [0.15, 0.2) is 5.65 Å². The van der Waals surface area contributed by atoms with Gasteiger partial charge in [-0.3, -0.25) is 9.48 Å². The van der Waals surface area contributed by atoms with Gasteiger partial charge in [-0.1, -0.05) is 0 Å². The van der Waals surface area contributed by atoms with Crippen LogP contribution in [0.4, 0.5) is 5.82 Å². The number of nitrogens with zero attached hydrogens (tertiary/aromatic N) is 5. The van der Waals surface area contributed by atoms with Crippen molar-refractivity contribution in [2.24, 2.45) is 13.0 Å². The first-order valence-electron chi connectivity index (χ1n) is 7.41. The third-order valence-electron chi connectivity index (χ3n) is 4.22. The van der Waals surface area contributed by atoms with Gasteiger partial charge in [0.2, 0.25) is 5.91 Å². The lowest BCUT2D eigenvalue weighted by Gasteiger charge is -2.29. The third kappa shape index (κ3) is 2.10. The summed E-state index contributed by atoms with van der Waals surface area (Å²) in [6, 6.07) is -0.0120. The van der Waals surface area contributed by atoms with Gasteiger partial charge in [-0.2, -0.15) is 5.10 Å². The lowest BCUT2D eigenvalue weighted by atomic mass is 10.1. The van der Waals surface area contributed by atoms with Crippen LogP contribution < -0.4 is 10.2 Å². The van der Waals surface area contributed by atoms with Crippen LogP contribution in [0.5, 0.6) is 0 Å². The van der Waals surface area contributed by atoms with E-state index in [9.17, 15) is 4.79 Å². The van der Waals surface area contributed by atoms with E-state index in [1.807, 2.05) is 14.0 Å². The fourth-order valence-electron chi connectivity index (χ4n) is 3.16. The second kappa shape index (κ2) is 4.91. The fraction of sp³-hybridized carbons (Fsp3) is 0.571. The Hall–Kier alpha value is -2.22. The molecule has 8 nitrogen and oxygen atoms in total. The summed E-state index contributed by atoms with van der Waals surface area (Å²) < 4.78 is 7.32. The molecular weight excluding hydrogens is 284 g/mol. The predicted molar refractivity (Wildman–Crippen MR) is 79.5 cm³/mol. The zero-order chi connectivity index (χ0) is 15.3. The number of rotatable bonds is 1. The van der Waals surface area contributed by atoms with Crippen LogP contribution in [0, 0.1) is 12.8 Å². The number of fused-ring (bicyclic) bond motifs is 4. The van der Waals surface area contributed by atoms with Crippen molar-refractivity contribution in [1.82, 2.24) is 25.1 Å². The Balaban J connectivity index is 1.80. The van der Waals surface area contributed by atoms with Gasteiger partial charge in [0, 0.05) is 20.1 Å². The smallest absolute Gasteiger partial charge is 0.227 e. The van der Waals surface area contributed by atoms with Gasteiger partial charge in [0.25, 0.3) is 0 Å². The second-order valence-electron chi connectivity index (χ2n) is 5.94. The molecule has 2 fully saturated rings. The van der Waals surface area contributed by atoms with E-state index in [2.05, 4.69) is 25.3 Å². The molecule has 0 aliphatic carbocycles. The summed E-state index contributed by atoms with van der Waals surface area (Å²) in [5.41, 5.74) is 0.812. The Morgan fingerprint density at radius 1 is 1.32 bits per heavy atom. The molecule has 0 spiro atoms. The van der Waals surface area contributed by atoms with E-state index in [4.69, 9.17) is 4.74 Å². The lowest BCUT2D eigenvalue weighted by molar-refractivity contribution is -0.124. The maximum atomic E-state index is 12.1. The average molecular weight is 302 g/mol. The largest absolute Gasteiger partial charge is 0.378 e. The highest BCUT2D eigenvalue weighted by atomic mass is 16.5. The molecule has 1 amide bonds. The molecule has 2 aliphatic heterocycles. The van der Waals surface area contributed by atoms with Crippen LogP contribution in [0.1, 0.15) is 5.82 Å². The van der Waals surface area contributed by atoms with E-state index < -0.39 is 0 Å². The number of ether oxygens (including phenoxy) is 1. The quantitative estimate of drug-likeness (QED) is 0.773. The summed E-state index contributed by atoms with van der Waals surface area (Å²) in [5.74, 6) is 1.45. The molecule has 116 valence electrons. The Kier molecular flexibility index (Phi) is 3.00. The van der Waals surface area contributed by atoms with E-state index in [1.165, 1.54) is 0 Å². The minimum Gasteiger partial charge on any atom is -0.378 e. The van der Waals surface area contributed by atoms with Gasteiger partial charge >= 0.3 is 0 Å². The molecule has 1 N–H and O–H groups in total. The van der Waals surface area contributed by atoms with Crippen LogP contribution in [0.25, 0.3) is 11.0 Å². The maximum Gasteiger partial charge on any atom is 0.227 e. The number of hydrogen-bond acceptors (Lipinski definition) is 6. The van der Waals surface area contributed by atoms with Crippen molar-refractivity contribution >= 4 is 22.8 Å². The van der Waals surface area contributed by atoms with E-state index in [0.29, 0.717) is 32.1 Å². The normalized spacial score (nSPS) is 25.2. The summed E-state index contributed by atoms with van der Waals surface area (Å²) >= 11 is 0. The summed E-state index contributed by atoms with van der Waals surface area (Å²) in [6.45, 7) is 4.16. The first-order chi connectivity index (χ1) is 10.6. The van der Waals surface area contributed by atoms with Crippen LogP contribution >= 0.6 is 0 Å². The number of amides is 1. The van der Waals surface area contributed by atoms with E-state index in [1.54, 1.807) is 10.9 Å². The molecule has 22 heavy (non-hydrogen) atoms. The monoisotopic (exact) mass is 302 g/mol. The highest BCUT2D eigenvalue weighted by molar-refractivity contribution is 5.88. The number of anilines is 1. The molecule has 2 saturated heterocycles. The molecule has 0 aromatic carbocycles. The van der Waals surface area contributed by atoms with Crippen molar-refractivity contribution in [3.63, 3.8) is 0 Å². The predicted octanol–water partition coefficient (Wildman–Crippen LogP) is -0.377. The molecule has 4 heterocycles. The summed E-state index contributed by atoms with van der Waals surface area (Å²) in [7, 11) is 1.87. The van der Waals surface area contributed by atoms with Crippen LogP contribution in [0.3, 0.4) is 0 Å². The second-order valence-corrected chi connectivity index (χ2v) is 5.94. The average Bonchev–Trinajstić information content (AvgIpc) is 2.64. The number of carbonyl (C=O) groups excluding carboxylic acids is 1. The van der Waals surface area contributed by atoms with Crippen LogP contribution in [-0.2, 0) is 16.6 Å². The molecule has 0 unspecified atom stereocenters. The number of nitrogens with one attached hydrogen (secondary N) is 1. The highest BCUT2D eigenvalue weighted by Crippen LogP contribution is 2.26. The van der Waals surface area contributed by atoms with Crippen molar-refractivity contribution in [2.75, 3.05) is 31.2 Å². The van der Waals surface area contributed by atoms with Gasteiger partial charge in [-0.15, -0.1) is 0 Å². The van der Waals surface area contributed by atoms with Crippen molar-refractivity contribution in [3.05, 3.63) is 12.0 Å². The molecule has 2 aromatic rings. The molecule has 2 aliphatic rings. The van der Waals surface area contributed by atoms with Gasteiger partial charge in [0.05, 0.1) is 36.8 Å². The summed E-state index contributed by atoms with van der Waals surface area (Å²) in [6.07, 6.45) is 1.79. The minimum atomic E-state index is -0.172. The van der Waals surface area contributed by atoms with E-state index >= 15 is 0 Å². The standard InChI is InChI=1S/C14H18N6O2/c1-8-16-12-11(3-15-19(12)2)13(17-8)20-4-9-6-22-7-10(5-20)18-14(9)21/h3,9-10H,4-7H2,1-2H3,(H,18,21)/t9-,10+/m1/s1. The van der Waals surface area contributed by atoms with Crippen LogP contribution in [-0.4, -0.2) is 58.0 Å². The molecule has 2 aromatic heterocycles. The molecule has 2 atom stereocenters. The van der Waals surface area contributed by atoms with Crippen molar-refractivity contribution in [3.8, 4) is 0 Å². The molecule has 8 heteroatoms. The van der Waals surface area contributed by atoms with E-state index in [0.717, 1.165) is 16.9 Å². The Bertz CT molecular complexity index is 742. The van der Waals surface area contributed by atoms with Gasteiger partial charge < -0.3 is 15.0 Å². The SMILES string of the molecule is Cc1nc(N2C[C@H]3COC[C@@H](C2)C(=O)N3)c2cnn(C)c2n1. The molecular formula is C14H18N6O2. The molecule has 4 rings (SSSR count). The maximum absolute atomic E-state index is 12.1. The zero-order valence-electron chi connectivity index (χ0n) is 12.6. The molecule has 2 bridgehead atoms. The Morgan fingerprint density at radius 2 is 2.18 bits per heavy atom. The number of aromatic nitrogens is 4. The number of hydrogen-bond donors (Lipinski definition) is 1. The van der Waals surface area contributed by atoms with Gasteiger partial charge in [0.1, 0.15) is 11.6 Å². The molecule has 0 radical (unpaired) electrons. The molecule has 0 saturated carbocycles. The topological polar surface area (TPSA) is 85.2 Å². The Morgan fingerprint density at radius 3 is 3.05 bits per heavy atom. The first-order valence-corrected chi connectivity index (χ1v) is 7.41. The van der Waals surface area contributed by atoms with Crippen LogP contribution in [0.2, 0.25) is 0 Å². The number of aryl methyl sites for hydroxylation is 2.